The first kappa shape index (κ1) is 10.6. The van der Waals surface area contributed by atoms with Gasteiger partial charge < -0.3 is 5.32 Å². The highest BCUT2D eigenvalue weighted by atomic mass is 32.2. The third-order valence-electron chi connectivity index (χ3n) is 2.54. The van der Waals surface area contributed by atoms with Crippen LogP contribution in [0.4, 0.5) is 0 Å². The summed E-state index contributed by atoms with van der Waals surface area (Å²) in [5.41, 5.74) is 1.94. The van der Waals surface area contributed by atoms with E-state index in [-0.39, 0.29) is 5.91 Å². The fourth-order valence-corrected chi connectivity index (χ4v) is 2.77. The number of hydrogen-bond acceptors (Lipinski definition) is 2. The average Bonchev–Trinajstić information content (AvgIpc) is 2.71. The first-order valence-corrected chi connectivity index (χ1v) is 6.30. The zero-order valence-electron chi connectivity index (χ0n) is 8.82. The Labute approximate surface area is 94.4 Å². The van der Waals surface area contributed by atoms with Crippen molar-refractivity contribution in [2.24, 2.45) is 0 Å². The summed E-state index contributed by atoms with van der Waals surface area (Å²) in [5.74, 6) is 1.22. The molecule has 15 heavy (non-hydrogen) atoms. The van der Waals surface area contributed by atoms with Gasteiger partial charge >= 0.3 is 0 Å². The molecule has 1 atom stereocenters. The minimum atomic E-state index is 0.0504. The van der Waals surface area contributed by atoms with E-state index >= 15 is 0 Å². The molecule has 1 aromatic carbocycles. The molecule has 1 aromatic rings. The zero-order chi connectivity index (χ0) is 10.7. The van der Waals surface area contributed by atoms with Crippen molar-refractivity contribution < 1.29 is 4.79 Å². The monoisotopic (exact) mass is 221 g/mol. The van der Waals surface area contributed by atoms with E-state index in [1.165, 1.54) is 17.7 Å². The minimum absolute atomic E-state index is 0.0504. The van der Waals surface area contributed by atoms with Crippen LogP contribution in [-0.4, -0.2) is 17.0 Å². The second kappa shape index (κ2) is 4.71. The number of hydrogen-bond donors (Lipinski definition) is 1. The summed E-state index contributed by atoms with van der Waals surface area (Å²) in [5, 5.41) is 3.36. The average molecular weight is 221 g/mol. The van der Waals surface area contributed by atoms with Crippen LogP contribution < -0.4 is 5.32 Å². The molecule has 2 rings (SSSR count). The lowest BCUT2D eigenvalue weighted by atomic mass is 10.1. The summed E-state index contributed by atoms with van der Waals surface area (Å²) in [6.45, 7) is 2.02. The van der Waals surface area contributed by atoms with E-state index in [0.717, 1.165) is 12.0 Å². The van der Waals surface area contributed by atoms with Gasteiger partial charge in [-0.05, 0) is 37.7 Å². The number of carbonyl (C=O) groups excluding carboxylic acids is 1. The van der Waals surface area contributed by atoms with Crippen LogP contribution in [0.25, 0.3) is 0 Å². The van der Waals surface area contributed by atoms with Crippen LogP contribution in [0, 0.1) is 6.92 Å². The minimum Gasteiger partial charge on any atom is -0.340 e. The Morgan fingerprint density at radius 3 is 2.73 bits per heavy atom. The van der Waals surface area contributed by atoms with Crippen LogP contribution in [-0.2, 0) is 0 Å². The van der Waals surface area contributed by atoms with E-state index in [2.05, 4.69) is 5.32 Å². The van der Waals surface area contributed by atoms with Crippen molar-refractivity contribution in [2.45, 2.75) is 25.1 Å². The van der Waals surface area contributed by atoms with Crippen LogP contribution in [0.2, 0.25) is 0 Å². The van der Waals surface area contributed by atoms with Gasteiger partial charge in [0, 0.05) is 5.56 Å². The highest BCUT2D eigenvalue weighted by molar-refractivity contribution is 8.00. The van der Waals surface area contributed by atoms with Crippen molar-refractivity contribution in [3.8, 4) is 0 Å². The van der Waals surface area contributed by atoms with Crippen LogP contribution in [0.1, 0.15) is 28.8 Å². The Kier molecular flexibility index (Phi) is 3.31. The number of thioether (sulfide) groups is 1. The van der Waals surface area contributed by atoms with Gasteiger partial charge in [0.2, 0.25) is 0 Å². The van der Waals surface area contributed by atoms with Gasteiger partial charge in [-0.15, -0.1) is 11.8 Å². The van der Waals surface area contributed by atoms with E-state index in [4.69, 9.17) is 0 Å². The Balaban J connectivity index is 1.98. The maximum absolute atomic E-state index is 11.8. The lowest BCUT2D eigenvalue weighted by Gasteiger charge is -2.11. The van der Waals surface area contributed by atoms with Crippen molar-refractivity contribution in [2.75, 3.05) is 5.75 Å². The highest BCUT2D eigenvalue weighted by Crippen LogP contribution is 2.23. The van der Waals surface area contributed by atoms with Gasteiger partial charge in [0.15, 0.2) is 0 Å². The third-order valence-corrected chi connectivity index (χ3v) is 3.82. The molecular formula is C12H15NOS. The summed E-state index contributed by atoms with van der Waals surface area (Å²) in [4.78, 5) is 11.8. The molecular weight excluding hydrogens is 206 g/mol. The molecule has 1 aliphatic rings. The molecule has 0 spiro atoms. The summed E-state index contributed by atoms with van der Waals surface area (Å²) in [7, 11) is 0. The van der Waals surface area contributed by atoms with E-state index in [1.54, 1.807) is 0 Å². The molecule has 1 fully saturated rings. The van der Waals surface area contributed by atoms with Crippen LogP contribution >= 0.6 is 11.8 Å². The zero-order valence-corrected chi connectivity index (χ0v) is 9.64. The molecule has 0 aliphatic carbocycles. The number of benzene rings is 1. The molecule has 1 N–H and O–H groups in total. The maximum Gasteiger partial charge on any atom is 0.252 e. The van der Waals surface area contributed by atoms with E-state index in [1.807, 2.05) is 43.0 Å². The number of aryl methyl sites for hydroxylation is 1. The molecule has 1 aliphatic heterocycles. The normalized spacial score (nSPS) is 20.2. The number of nitrogens with one attached hydrogen (secondary N) is 1. The molecule has 0 saturated carbocycles. The van der Waals surface area contributed by atoms with Crippen molar-refractivity contribution in [1.29, 1.82) is 0 Å². The van der Waals surface area contributed by atoms with Gasteiger partial charge in [-0.3, -0.25) is 4.79 Å². The van der Waals surface area contributed by atoms with Crippen molar-refractivity contribution in [3.05, 3.63) is 35.4 Å². The molecule has 1 unspecified atom stereocenters. The van der Waals surface area contributed by atoms with Gasteiger partial charge in [-0.1, -0.05) is 17.7 Å². The molecule has 80 valence electrons. The van der Waals surface area contributed by atoms with Crippen molar-refractivity contribution >= 4 is 17.7 Å². The fourth-order valence-electron chi connectivity index (χ4n) is 1.63. The van der Waals surface area contributed by atoms with Gasteiger partial charge in [0.05, 0.1) is 5.37 Å². The molecule has 0 aromatic heterocycles. The number of carbonyl (C=O) groups is 1. The Hall–Kier alpha value is -0.960. The molecule has 0 bridgehead atoms. The lowest BCUT2D eigenvalue weighted by molar-refractivity contribution is 0.0949. The van der Waals surface area contributed by atoms with Crippen molar-refractivity contribution in [3.63, 3.8) is 0 Å². The standard InChI is InChI=1S/C12H15NOS/c1-9-4-6-10(7-5-9)12(14)13-11-3-2-8-15-11/h4-7,11H,2-3,8H2,1H3,(H,13,14). The molecule has 0 radical (unpaired) electrons. The molecule has 1 amide bonds. The van der Waals surface area contributed by atoms with E-state index in [0.29, 0.717) is 5.37 Å². The van der Waals surface area contributed by atoms with Crippen LogP contribution in [0.3, 0.4) is 0 Å². The van der Waals surface area contributed by atoms with Gasteiger partial charge in [-0.25, -0.2) is 0 Å². The van der Waals surface area contributed by atoms with E-state index in [9.17, 15) is 4.79 Å². The lowest BCUT2D eigenvalue weighted by Crippen LogP contribution is -2.30. The summed E-state index contributed by atoms with van der Waals surface area (Å²) in [6, 6.07) is 7.70. The predicted molar refractivity (Wildman–Crippen MR) is 64.1 cm³/mol. The van der Waals surface area contributed by atoms with Crippen LogP contribution in [0.5, 0.6) is 0 Å². The Morgan fingerprint density at radius 1 is 1.40 bits per heavy atom. The topological polar surface area (TPSA) is 29.1 Å². The summed E-state index contributed by atoms with van der Waals surface area (Å²) in [6.07, 6.45) is 2.31. The molecule has 2 nitrogen and oxygen atoms in total. The van der Waals surface area contributed by atoms with Crippen LogP contribution in [0.15, 0.2) is 24.3 Å². The molecule has 3 heteroatoms. The Bertz CT molecular complexity index is 341. The smallest absolute Gasteiger partial charge is 0.252 e. The third kappa shape index (κ3) is 2.75. The number of rotatable bonds is 2. The summed E-state index contributed by atoms with van der Waals surface area (Å²) < 4.78 is 0. The maximum atomic E-state index is 11.8. The molecule has 1 heterocycles. The SMILES string of the molecule is Cc1ccc(C(=O)NC2CCCS2)cc1. The quantitative estimate of drug-likeness (QED) is 0.831. The Morgan fingerprint density at radius 2 is 2.13 bits per heavy atom. The highest BCUT2D eigenvalue weighted by Gasteiger charge is 2.18. The summed E-state index contributed by atoms with van der Waals surface area (Å²) >= 11 is 1.84. The van der Waals surface area contributed by atoms with E-state index < -0.39 is 0 Å². The first-order chi connectivity index (χ1) is 7.25. The van der Waals surface area contributed by atoms with Crippen molar-refractivity contribution in [1.82, 2.24) is 5.32 Å². The van der Waals surface area contributed by atoms with Gasteiger partial charge in [0.25, 0.3) is 5.91 Å². The second-order valence-corrected chi connectivity index (χ2v) is 5.15. The van der Waals surface area contributed by atoms with Gasteiger partial charge in [0.1, 0.15) is 0 Å². The predicted octanol–water partition coefficient (Wildman–Crippen LogP) is 2.58. The fraction of sp³-hybridized carbons (Fsp3) is 0.417. The van der Waals surface area contributed by atoms with Gasteiger partial charge in [-0.2, -0.15) is 0 Å². The number of amides is 1. The molecule has 1 saturated heterocycles. The second-order valence-electron chi connectivity index (χ2n) is 3.84. The first-order valence-electron chi connectivity index (χ1n) is 5.25. The largest absolute Gasteiger partial charge is 0.340 e.